The van der Waals surface area contributed by atoms with E-state index in [0.717, 1.165) is 23.4 Å². The molecule has 7 aromatic rings. The van der Waals surface area contributed by atoms with Gasteiger partial charge in [0.1, 0.15) is 0 Å². The third-order valence-corrected chi connectivity index (χ3v) is 11.2. The van der Waals surface area contributed by atoms with Crippen LogP contribution in [0.1, 0.15) is 61.1 Å². The lowest BCUT2D eigenvalue weighted by Gasteiger charge is -2.22. The van der Waals surface area contributed by atoms with Gasteiger partial charge in [0.25, 0.3) is 0 Å². The van der Waals surface area contributed by atoms with Crippen molar-refractivity contribution in [2.24, 2.45) is 4.99 Å². The molecule has 0 atom stereocenters. The van der Waals surface area contributed by atoms with Crippen molar-refractivity contribution in [3.05, 3.63) is 185 Å². The summed E-state index contributed by atoms with van der Waals surface area (Å²) in [4.78, 5) is 4.69. The van der Waals surface area contributed by atoms with Crippen LogP contribution in [-0.4, -0.2) is 5.71 Å². The van der Waals surface area contributed by atoms with Gasteiger partial charge >= 0.3 is 0 Å². The molecule has 1 nitrogen and oxygen atoms in total. The van der Waals surface area contributed by atoms with Gasteiger partial charge < -0.3 is 0 Å². The number of rotatable bonds is 4. The maximum Gasteiger partial charge on any atom is 0.0707 e. The highest BCUT2D eigenvalue weighted by Gasteiger charge is 2.36. The molecule has 1 heterocycles. The number of aliphatic imine (C=N–C) groups is 1. The average Bonchev–Trinajstić information content (AvgIpc) is 3.75. The Labute approximate surface area is 293 Å². The summed E-state index contributed by atoms with van der Waals surface area (Å²) in [6.45, 7) is 12.8. The van der Waals surface area contributed by atoms with Crippen LogP contribution in [0.15, 0.2) is 157 Å². The molecule has 0 aliphatic heterocycles. The Morgan fingerprint density at radius 1 is 0.653 bits per heavy atom. The Kier molecular flexibility index (Phi) is 7.77. The van der Waals surface area contributed by atoms with Gasteiger partial charge in [-0.1, -0.05) is 136 Å². The summed E-state index contributed by atoms with van der Waals surface area (Å²) in [5.41, 5.74) is 17.0. The van der Waals surface area contributed by atoms with E-state index < -0.39 is 0 Å². The van der Waals surface area contributed by atoms with Crippen molar-refractivity contribution in [2.75, 3.05) is 0 Å². The second-order valence-corrected chi connectivity index (χ2v) is 14.8. The highest BCUT2D eigenvalue weighted by atomic mass is 32.1. The van der Waals surface area contributed by atoms with Gasteiger partial charge in [0.15, 0.2) is 0 Å². The molecule has 6 aromatic carbocycles. The number of nitrogens with zero attached hydrogens (tertiary/aromatic N) is 1. The molecule has 2 aliphatic carbocycles. The Hall–Kier alpha value is -5.31. The molecule has 2 heteroatoms. The molecule has 2 aliphatic rings. The molecule has 0 radical (unpaired) electrons. The Balaban J connectivity index is 0.000000145. The number of thiophene rings is 1. The second kappa shape index (κ2) is 12.3. The van der Waals surface area contributed by atoms with Crippen LogP contribution in [-0.2, 0) is 11.8 Å². The summed E-state index contributed by atoms with van der Waals surface area (Å²) in [6, 6.07) is 48.1. The zero-order valence-corrected chi connectivity index (χ0v) is 29.4. The molecular formula is C47H39NS. The molecule has 0 unspecified atom stereocenters. The molecule has 0 spiro atoms. The number of allylic oxidation sites excluding steroid dienone is 3. The maximum atomic E-state index is 4.69. The van der Waals surface area contributed by atoms with Crippen molar-refractivity contribution in [2.45, 2.75) is 39.5 Å². The zero-order valence-electron chi connectivity index (χ0n) is 28.5. The normalized spacial score (nSPS) is 14.1. The lowest BCUT2D eigenvalue weighted by atomic mass is 9.81. The van der Waals surface area contributed by atoms with Crippen LogP contribution in [0.25, 0.3) is 48.0 Å². The molecule has 9 rings (SSSR count). The fourth-order valence-corrected chi connectivity index (χ4v) is 8.84. The predicted octanol–water partition coefficient (Wildman–Crippen LogP) is 13.0. The van der Waals surface area contributed by atoms with Gasteiger partial charge in [0.2, 0.25) is 0 Å². The molecule has 49 heavy (non-hydrogen) atoms. The van der Waals surface area contributed by atoms with Crippen LogP contribution in [0.2, 0.25) is 0 Å². The fraction of sp³-hybridized carbons (Fsp3) is 0.128. The van der Waals surface area contributed by atoms with Crippen LogP contribution in [0.3, 0.4) is 0 Å². The first-order valence-electron chi connectivity index (χ1n) is 17.0. The summed E-state index contributed by atoms with van der Waals surface area (Å²) < 4.78 is 2.64. The summed E-state index contributed by atoms with van der Waals surface area (Å²) in [6.07, 6.45) is 3.25. The summed E-state index contributed by atoms with van der Waals surface area (Å²) in [5.74, 6) is 0. The second-order valence-electron chi connectivity index (χ2n) is 13.8. The van der Waals surface area contributed by atoms with Gasteiger partial charge in [0.05, 0.1) is 5.71 Å². The maximum absolute atomic E-state index is 4.69. The first-order chi connectivity index (χ1) is 23.8. The third kappa shape index (κ3) is 5.47. The van der Waals surface area contributed by atoms with E-state index in [2.05, 4.69) is 149 Å². The third-order valence-electron chi connectivity index (χ3n) is 10.1. The van der Waals surface area contributed by atoms with Gasteiger partial charge in [-0.2, -0.15) is 0 Å². The van der Waals surface area contributed by atoms with Crippen LogP contribution in [0, 0.1) is 0 Å². The molecule has 1 aromatic heterocycles. The molecule has 0 saturated carbocycles. The Bertz CT molecular complexity index is 2470. The smallest absolute Gasteiger partial charge is 0.0707 e. The number of benzene rings is 6. The minimum Gasteiger partial charge on any atom is -0.254 e. The van der Waals surface area contributed by atoms with E-state index in [1.807, 2.05) is 36.5 Å². The first-order valence-corrected chi connectivity index (χ1v) is 17.9. The van der Waals surface area contributed by atoms with Crippen molar-refractivity contribution < 1.29 is 0 Å². The zero-order chi connectivity index (χ0) is 33.7. The van der Waals surface area contributed by atoms with Crippen LogP contribution in [0.5, 0.6) is 0 Å². The summed E-state index contributed by atoms with van der Waals surface area (Å²) in [7, 11) is 0. The molecule has 0 bridgehead atoms. The van der Waals surface area contributed by atoms with Crippen molar-refractivity contribution in [3.8, 4) is 22.3 Å². The van der Waals surface area contributed by atoms with Crippen molar-refractivity contribution in [1.82, 2.24) is 0 Å². The standard InChI is InChI=1S/C25H21NS.C22H18/c1-17(2)26-22(19-10-5-4-6-11-19)16-18(3)20-13-9-15-24-25(20)21-12-7-8-14-23(21)27-24;1-22(2)20-10-6-5-9-17(20)19-13-18-15(12-21(19)22)11-14-7-3-4-8-16(14)18/h4-16H,1H2,2-3H3;3-10,12-13H,11H2,1-2H3/b18-16+,26-22?;. The lowest BCUT2D eigenvalue weighted by molar-refractivity contribution is 0.659. The SMILES string of the molecule is C=C(C)N=C(/C=C(\C)c1cccc2sc3ccccc3c12)c1ccccc1.CC1(C)c2ccccc2-c2cc3c(cc21)Cc1ccccc1-3. The largest absolute Gasteiger partial charge is 0.254 e. The highest BCUT2D eigenvalue weighted by molar-refractivity contribution is 7.25. The van der Waals surface area contributed by atoms with Crippen LogP contribution >= 0.6 is 11.3 Å². The first kappa shape index (κ1) is 31.0. The average molecular weight is 650 g/mol. The number of fused-ring (bicyclic) bond motifs is 9. The Morgan fingerprint density at radius 2 is 1.35 bits per heavy atom. The van der Waals surface area contributed by atoms with E-state index in [1.165, 1.54) is 75.8 Å². The van der Waals surface area contributed by atoms with Crippen LogP contribution < -0.4 is 0 Å². The fourth-order valence-electron chi connectivity index (χ4n) is 7.71. The summed E-state index contributed by atoms with van der Waals surface area (Å²) >= 11 is 1.85. The van der Waals surface area contributed by atoms with E-state index in [1.54, 1.807) is 0 Å². The molecule has 0 fully saturated rings. The molecule has 0 N–H and O–H groups in total. The van der Waals surface area contributed by atoms with E-state index >= 15 is 0 Å². The van der Waals surface area contributed by atoms with Crippen molar-refractivity contribution >= 4 is 42.8 Å². The van der Waals surface area contributed by atoms with Gasteiger partial charge in [-0.05, 0) is 100 Å². The van der Waals surface area contributed by atoms with Gasteiger partial charge in [0, 0.05) is 36.8 Å². The minimum absolute atomic E-state index is 0.107. The van der Waals surface area contributed by atoms with Crippen molar-refractivity contribution in [1.29, 1.82) is 0 Å². The van der Waals surface area contributed by atoms with Crippen molar-refractivity contribution in [3.63, 3.8) is 0 Å². The van der Waals surface area contributed by atoms with Crippen LogP contribution in [0.4, 0.5) is 0 Å². The summed E-state index contributed by atoms with van der Waals surface area (Å²) in [5, 5.41) is 2.65. The molecule has 0 saturated heterocycles. The van der Waals surface area contributed by atoms with E-state index in [-0.39, 0.29) is 5.41 Å². The number of hydrogen-bond acceptors (Lipinski definition) is 2. The Morgan fingerprint density at radius 3 is 2.16 bits per heavy atom. The minimum atomic E-state index is 0.107. The van der Waals surface area contributed by atoms with E-state index in [9.17, 15) is 0 Å². The highest BCUT2D eigenvalue weighted by Crippen LogP contribution is 2.52. The number of hydrogen-bond donors (Lipinski definition) is 0. The topological polar surface area (TPSA) is 12.4 Å². The monoisotopic (exact) mass is 649 g/mol. The van der Waals surface area contributed by atoms with Gasteiger partial charge in [-0.25, -0.2) is 0 Å². The van der Waals surface area contributed by atoms with Gasteiger partial charge in [-0.3, -0.25) is 4.99 Å². The van der Waals surface area contributed by atoms with E-state index in [0.29, 0.717) is 0 Å². The molecule has 0 amide bonds. The van der Waals surface area contributed by atoms with E-state index in [4.69, 9.17) is 4.99 Å². The lowest BCUT2D eigenvalue weighted by Crippen LogP contribution is -2.15. The predicted molar refractivity (Wildman–Crippen MR) is 213 cm³/mol. The quantitative estimate of drug-likeness (QED) is 0.168. The molecule has 238 valence electrons. The molecular weight excluding hydrogens is 611 g/mol. The van der Waals surface area contributed by atoms with Gasteiger partial charge in [-0.15, -0.1) is 11.3 Å².